The summed E-state index contributed by atoms with van der Waals surface area (Å²) < 4.78 is 6.52. The highest BCUT2D eigenvalue weighted by atomic mass is 16.5. The van der Waals surface area contributed by atoms with E-state index in [1.807, 2.05) is 0 Å². The van der Waals surface area contributed by atoms with Crippen LogP contribution in [0.4, 0.5) is 0 Å². The first kappa shape index (κ1) is 13.9. The highest BCUT2D eigenvalue weighted by molar-refractivity contribution is 4.92. The maximum atomic E-state index is 6.52. The molecule has 2 atom stereocenters. The smallest absolute Gasteiger partial charge is 0.0687 e. The third-order valence-electron chi connectivity index (χ3n) is 5.55. The molecule has 19 heavy (non-hydrogen) atoms. The molecule has 1 N–H and O–H groups in total. The zero-order valence-corrected chi connectivity index (χ0v) is 12.6. The summed E-state index contributed by atoms with van der Waals surface area (Å²) in [5, 5.41) is 3.70. The van der Waals surface area contributed by atoms with Crippen LogP contribution in [0.25, 0.3) is 0 Å². The standard InChI is InChI=1S/C17H31NO/c1-2-14(13-18-15-6-7-15)12-16-8-11-17(19-16)9-4-3-5-10-17/h14-16,18H,2-13H2,1H3. The van der Waals surface area contributed by atoms with Crippen molar-refractivity contribution in [3.63, 3.8) is 0 Å². The van der Waals surface area contributed by atoms with Crippen LogP contribution in [0.3, 0.4) is 0 Å². The van der Waals surface area contributed by atoms with E-state index in [0.717, 1.165) is 12.0 Å². The maximum absolute atomic E-state index is 6.52. The van der Waals surface area contributed by atoms with Gasteiger partial charge in [0.25, 0.3) is 0 Å². The number of nitrogens with one attached hydrogen (secondary N) is 1. The second-order valence-corrected chi connectivity index (χ2v) is 7.21. The third-order valence-corrected chi connectivity index (χ3v) is 5.55. The fraction of sp³-hybridized carbons (Fsp3) is 1.00. The van der Waals surface area contributed by atoms with Crippen molar-refractivity contribution in [2.75, 3.05) is 6.54 Å². The van der Waals surface area contributed by atoms with Gasteiger partial charge in [-0.15, -0.1) is 0 Å². The SMILES string of the molecule is CCC(CNC1CC1)CC1CCC2(CCCCC2)O1. The highest BCUT2D eigenvalue weighted by Gasteiger charge is 2.41. The molecular weight excluding hydrogens is 234 g/mol. The predicted molar refractivity (Wildman–Crippen MR) is 79.3 cm³/mol. The van der Waals surface area contributed by atoms with Crippen molar-refractivity contribution in [1.29, 1.82) is 0 Å². The summed E-state index contributed by atoms with van der Waals surface area (Å²) in [6.45, 7) is 3.55. The summed E-state index contributed by atoms with van der Waals surface area (Å²) in [6, 6.07) is 0.850. The molecule has 1 spiro atoms. The minimum Gasteiger partial charge on any atom is -0.372 e. The molecule has 3 aliphatic rings. The molecule has 2 aliphatic carbocycles. The Morgan fingerprint density at radius 1 is 1.11 bits per heavy atom. The Balaban J connectivity index is 1.43. The van der Waals surface area contributed by atoms with Gasteiger partial charge in [0.05, 0.1) is 11.7 Å². The molecule has 2 nitrogen and oxygen atoms in total. The Bertz CT molecular complexity index is 281. The Morgan fingerprint density at radius 3 is 2.58 bits per heavy atom. The topological polar surface area (TPSA) is 21.3 Å². The van der Waals surface area contributed by atoms with Gasteiger partial charge in [0.2, 0.25) is 0 Å². The van der Waals surface area contributed by atoms with Crippen LogP contribution < -0.4 is 5.32 Å². The van der Waals surface area contributed by atoms with E-state index >= 15 is 0 Å². The molecule has 110 valence electrons. The monoisotopic (exact) mass is 265 g/mol. The van der Waals surface area contributed by atoms with Crippen molar-refractivity contribution in [1.82, 2.24) is 5.32 Å². The van der Waals surface area contributed by atoms with Gasteiger partial charge in [-0.05, 0) is 57.4 Å². The Morgan fingerprint density at radius 2 is 1.89 bits per heavy atom. The molecule has 0 radical (unpaired) electrons. The minimum absolute atomic E-state index is 0.311. The lowest BCUT2D eigenvalue weighted by molar-refractivity contribution is -0.0698. The quantitative estimate of drug-likeness (QED) is 0.782. The van der Waals surface area contributed by atoms with E-state index < -0.39 is 0 Å². The molecule has 2 saturated carbocycles. The summed E-state index contributed by atoms with van der Waals surface area (Å²) in [7, 11) is 0. The highest BCUT2D eigenvalue weighted by Crippen LogP contribution is 2.43. The van der Waals surface area contributed by atoms with E-state index in [4.69, 9.17) is 4.74 Å². The number of rotatable bonds is 6. The number of hydrogen-bond acceptors (Lipinski definition) is 2. The molecule has 2 heteroatoms. The van der Waals surface area contributed by atoms with E-state index in [1.165, 1.54) is 77.2 Å². The molecule has 0 aromatic rings. The van der Waals surface area contributed by atoms with E-state index in [1.54, 1.807) is 0 Å². The molecular formula is C17H31NO. The average molecular weight is 265 g/mol. The third kappa shape index (κ3) is 3.72. The predicted octanol–water partition coefficient (Wildman–Crippen LogP) is 4.04. The van der Waals surface area contributed by atoms with Gasteiger partial charge in [0, 0.05) is 6.04 Å². The lowest BCUT2D eigenvalue weighted by Crippen LogP contribution is -2.33. The average Bonchev–Trinajstić information content (AvgIpc) is 3.19. The van der Waals surface area contributed by atoms with Crippen LogP contribution in [0.2, 0.25) is 0 Å². The first-order chi connectivity index (χ1) is 9.30. The van der Waals surface area contributed by atoms with Crippen LogP contribution in [0.1, 0.15) is 77.6 Å². The van der Waals surface area contributed by atoms with E-state index in [9.17, 15) is 0 Å². The zero-order valence-electron chi connectivity index (χ0n) is 12.6. The Kier molecular flexibility index (Phi) is 4.48. The van der Waals surface area contributed by atoms with Crippen LogP contribution in [-0.4, -0.2) is 24.3 Å². The zero-order chi connectivity index (χ0) is 13.1. The summed E-state index contributed by atoms with van der Waals surface area (Å²) in [6.07, 6.45) is 15.5. The normalized spacial score (nSPS) is 31.7. The van der Waals surface area contributed by atoms with Crippen molar-refractivity contribution < 1.29 is 4.74 Å². The summed E-state index contributed by atoms with van der Waals surface area (Å²) >= 11 is 0. The molecule has 1 saturated heterocycles. The lowest BCUT2D eigenvalue weighted by Gasteiger charge is -2.33. The largest absolute Gasteiger partial charge is 0.372 e. The molecule has 3 fully saturated rings. The van der Waals surface area contributed by atoms with Crippen LogP contribution in [0.5, 0.6) is 0 Å². The van der Waals surface area contributed by atoms with Gasteiger partial charge in [-0.3, -0.25) is 0 Å². The molecule has 1 heterocycles. The summed E-state index contributed by atoms with van der Waals surface area (Å²) in [5.41, 5.74) is 0.311. The molecule has 1 aliphatic heterocycles. The molecule has 3 rings (SSSR count). The Hall–Kier alpha value is -0.0800. The second kappa shape index (κ2) is 6.13. The molecule has 0 aromatic carbocycles. The van der Waals surface area contributed by atoms with Crippen LogP contribution in [-0.2, 0) is 4.74 Å². The van der Waals surface area contributed by atoms with Gasteiger partial charge < -0.3 is 10.1 Å². The van der Waals surface area contributed by atoms with Crippen molar-refractivity contribution in [2.45, 2.75) is 95.3 Å². The molecule has 0 amide bonds. The first-order valence-electron chi connectivity index (χ1n) is 8.71. The first-order valence-corrected chi connectivity index (χ1v) is 8.71. The maximum Gasteiger partial charge on any atom is 0.0687 e. The minimum atomic E-state index is 0.311. The van der Waals surface area contributed by atoms with Crippen LogP contribution >= 0.6 is 0 Å². The van der Waals surface area contributed by atoms with Crippen molar-refractivity contribution in [3.8, 4) is 0 Å². The van der Waals surface area contributed by atoms with Crippen molar-refractivity contribution >= 4 is 0 Å². The molecule has 0 bridgehead atoms. The van der Waals surface area contributed by atoms with Gasteiger partial charge in [0.1, 0.15) is 0 Å². The summed E-state index contributed by atoms with van der Waals surface area (Å²) in [5.74, 6) is 0.823. The van der Waals surface area contributed by atoms with Gasteiger partial charge in [-0.1, -0.05) is 32.6 Å². The number of ether oxygens (including phenoxy) is 1. The lowest BCUT2D eigenvalue weighted by atomic mass is 9.83. The number of hydrogen-bond donors (Lipinski definition) is 1. The van der Waals surface area contributed by atoms with E-state index in [-0.39, 0.29) is 0 Å². The molecule has 0 aromatic heterocycles. The Labute approximate surface area is 118 Å². The van der Waals surface area contributed by atoms with Gasteiger partial charge in [-0.2, -0.15) is 0 Å². The van der Waals surface area contributed by atoms with Crippen LogP contribution in [0.15, 0.2) is 0 Å². The van der Waals surface area contributed by atoms with E-state index in [0.29, 0.717) is 11.7 Å². The van der Waals surface area contributed by atoms with Crippen LogP contribution in [0, 0.1) is 5.92 Å². The van der Waals surface area contributed by atoms with Gasteiger partial charge in [-0.25, -0.2) is 0 Å². The fourth-order valence-electron chi connectivity index (χ4n) is 4.01. The van der Waals surface area contributed by atoms with E-state index in [2.05, 4.69) is 12.2 Å². The van der Waals surface area contributed by atoms with Gasteiger partial charge in [0.15, 0.2) is 0 Å². The van der Waals surface area contributed by atoms with Crippen molar-refractivity contribution in [3.05, 3.63) is 0 Å². The van der Waals surface area contributed by atoms with Gasteiger partial charge >= 0.3 is 0 Å². The van der Waals surface area contributed by atoms with Crippen molar-refractivity contribution in [2.24, 2.45) is 5.92 Å². The molecule has 2 unspecified atom stereocenters. The summed E-state index contributed by atoms with van der Waals surface area (Å²) in [4.78, 5) is 0. The second-order valence-electron chi connectivity index (χ2n) is 7.21. The fourth-order valence-corrected chi connectivity index (χ4v) is 4.01.